The fourth-order valence-electron chi connectivity index (χ4n) is 3.02. The minimum absolute atomic E-state index is 0.0225. The molecule has 3 nitrogen and oxygen atoms in total. The summed E-state index contributed by atoms with van der Waals surface area (Å²) in [7, 11) is 0. The van der Waals surface area contributed by atoms with Crippen LogP contribution in [0.25, 0.3) is 0 Å². The van der Waals surface area contributed by atoms with Crippen LogP contribution in [0.2, 0.25) is 5.02 Å². The van der Waals surface area contributed by atoms with Gasteiger partial charge >= 0.3 is 0 Å². The summed E-state index contributed by atoms with van der Waals surface area (Å²) in [6.07, 6.45) is 0. The number of rotatable bonds is 4. The van der Waals surface area contributed by atoms with E-state index in [4.69, 9.17) is 11.6 Å². The third-order valence-electron chi connectivity index (χ3n) is 4.26. The Bertz CT molecular complexity index is 501. The van der Waals surface area contributed by atoms with E-state index in [1.54, 1.807) is 19.1 Å². The summed E-state index contributed by atoms with van der Waals surface area (Å²) in [6, 6.07) is 3.21. The zero-order valence-corrected chi connectivity index (χ0v) is 13.7. The molecule has 0 bridgehead atoms. The van der Waals surface area contributed by atoms with Gasteiger partial charge in [0.2, 0.25) is 0 Å². The van der Waals surface area contributed by atoms with Crippen LogP contribution in [0.3, 0.4) is 0 Å². The third kappa shape index (κ3) is 3.39. The predicted molar refractivity (Wildman–Crippen MR) is 84.2 cm³/mol. The standard InChI is InChI=1S/C16H24ClFN2O/c1-11-4-5-12(17)13(14(11)18)15(16(2,3)10-21)20-8-6-19-7-9-20/h4-5,15,19,21H,6-10H2,1-3H3/t15-/m1/s1. The number of piperazine rings is 1. The lowest BCUT2D eigenvalue weighted by atomic mass is 9.79. The van der Waals surface area contributed by atoms with Crippen LogP contribution in [0.1, 0.15) is 31.0 Å². The molecule has 1 aromatic carbocycles. The lowest BCUT2D eigenvalue weighted by molar-refractivity contribution is 0.0286. The lowest BCUT2D eigenvalue weighted by Crippen LogP contribution is -2.50. The van der Waals surface area contributed by atoms with Crippen molar-refractivity contribution in [2.75, 3.05) is 32.8 Å². The second kappa shape index (κ2) is 6.61. The minimum atomic E-state index is -0.477. The Morgan fingerprint density at radius 3 is 2.57 bits per heavy atom. The molecule has 118 valence electrons. The molecule has 1 saturated heterocycles. The number of nitrogens with zero attached hydrogens (tertiary/aromatic N) is 1. The predicted octanol–water partition coefficient (Wildman–Crippen LogP) is 2.75. The minimum Gasteiger partial charge on any atom is -0.396 e. The fraction of sp³-hybridized carbons (Fsp3) is 0.625. The van der Waals surface area contributed by atoms with Crippen LogP contribution in [0.4, 0.5) is 4.39 Å². The van der Waals surface area contributed by atoms with Gasteiger partial charge < -0.3 is 10.4 Å². The van der Waals surface area contributed by atoms with E-state index < -0.39 is 5.41 Å². The molecule has 0 aromatic heterocycles. The Morgan fingerprint density at radius 2 is 2.00 bits per heavy atom. The van der Waals surface area contributed by atoms with Crippen LogP contribution in [0.15, 0.2) is 12.1 Å². The molecular formula is C16H24ClFN2O. The van der Waals surface area contributed by atoms with Gasteiger partial charge in [-0.05, 0) is 18.6 Å². The van der Waals surface area contributed by atoms with Gasteiger partial charge in [0, 0.05) is 54.8 Å². The van der Waals surface area contributed by atoms with Gasteiger partial charge in [-0.2, -0.15) is 0 Å². The molecule has 1 heterocycles. The molecule has 5 heteroatoms. The first-order valence-corrected chi connectivity index (χ1v) is 7.76. The Kier molecular flexibility index (Phi) is 5.25. The number of aliphatic hydroxyl groups is 1. The van der Waals surface area contributed by atoms with Crippen molar-refractivity contribution in [1.29, 1.82) is 0 Å². The molecule has 1 aromatic rings. The number of nitrogens with one attached hydrogen (secondary N) is 1. The first kappa shape index (κ1) is 16.7. The van der Waals surface area contributed by atoms with E-state index in [0.717, 1.165) is 26.2 Å². The van der Waals surface area contributed by atoms with Gasteiger partial charge in [0.15, 0.2) is 0 Å². The molecule has 0 amide bonds. The van der Waals surface area contributed by atoms with Gasteiger partial charge in [-0.3, -0.25) is 4.90 Å². The van der Waals surface area contributed by atoms with E-state index in [1.807, 2.05) is 13.8 Å². The zero-order valence-electron chi connectivity index (χ0n) is 12.9. The Balaban J connectivity index is 2.52. The van der Waals surface area contributed by atoms with E-state index in [9.17, 15) is 9.50 Å². The van der Waals surface area contributed by atoms with Gasteiger partial charge in [0.1, 0.15) is 5.82 Å². The van der Waals surface area contributed by atoms with E-state index in [0.29, 0.717) is 16.1 Å². The number of benzene rings is 1. The number of aryl methyl sites for hydroxylation is 1. The molecule has 21 heavy (non-hydrogen) atoms. The first-order chi connectivity index (χ1) is 9.88. The Hall–Kier alpha value is -0.680. The summed E-state index contributed by atoms with van der Waals surface area (Å²) in [5.41, 5.74) is 0.621. The molecule has 2 rings (SSSR count). The van der Waals surface area contributed by atoms with E-state index >= 15 is 0 Å². The number of halogens is 2. The molecule has 0 spiro atoms. The molecule has 0 unspecified atom stereocenters. The molecular weight excluding hydrogens is 291 g/mol. The highest BCUT2D eigenvalue weighted by Crippen LogP contribution is 2.42. The molecule has 2 N–H and O–H groups in total. The van der Waals surface area contributed by atoms with Crippen molar-refractivity contribution in [2.45, 2.75) is 26.8 Å². The van der Waals surface area contributed by atoms with Crippen molar-refractivity contribution in [2.24, 2.45) is 5.41 Å². The fourth-order valence-corrected chi connectivity index (χ4v) is 3.27. The van der Waals surface area contributed by atoms with Crippen LogP contribution in [-0.2, 0) is 0 Å². The summed E-state index contributed by atoms with van der Waals surface area (Å²) in [4.78, 5) is 2.22. The van der Waals surface area contributed by atoms with Gasteiger partial charge in [-0.15, -0.1) is 0 Å². The van der Waals surface area contributed by atoms with Crippen molar-refractivity contribution >= 4 is 11.6 Å². The zero-order chi connectivity index (χ0) is 15.6. The number of aliphatic hydroxyl groups excluding tert-OH is 1. The van der Waals surface area contributed by atoms with Crippen LogP contribution in [0.5, 0.6) is 0 Å². The van der Waals surface area contributed by atoms with Crippen LogP contribution in [-0.4, -0.2) is 42.8 Å². The molecule has 1 aliphatic heterocycles. The maximum Gasteiger partial charge on any atom is 0.132 e. The second-order valence-corrected chi connectivity index (χ2v) is 6.83. The molecule has 1 atom stereocenters. The highest BCUT2D eigenvalue weighted by Gasteiger charge is 2.38. The maximum atomic E-state index is 14.7. The van der Waals surface area contributed by atoms with Gasteiger partial charge in [0.25, 0.3) is 0 Å². The summed E-state index contributed by atoms with van der Waals surface area (Å²) in [6.45, 7) is 9.00. The summed E-state index contributed by atoms with van der Waals surface area (Å²) in [5, 5.41) is 13.5. The molecule has 0 radical (unpaired) electrons. The van der Waals surface area contributed by atoms with Crippen molar-refractivity contribution in [3.63, 3.8) is 0 Å². The van der Waals surface area contributed by atoms with Gasteiger partial charge in [0.05, 0.1) is 0 Å². The smallest absolute Gasteiger partial charge is 0.132 e. The summed E-state index contributed by atoms with van der Waals surface area (Å²) < 4.78 is 14.7. The van der Waals surface area contributed by atoms with Crippen molar-refractivity contribution in [1.82, 2.24) is 10.2 Å². The maximum absolute atomic E-state index is 14.7. The molecule has 1 fully saturated rings. The highest BCUT2D eigenvalue weighted by molar-refractivity contribution is 6.31. The summed E-state index contributed by atoms with van der Waals surface area (Å²) >= 11 is 6.31. The van der Waals surface area contributed by atoms with Crippen LogP contribution >= 0.6 is 11.6 Å². The average Bonchev–Trinajstić information content (AvgIpc) is 2.48. The highest BCUT2D eigenvalue weighted by atomic mass is 35.5. The normalized spacial score (nSPS) is 18.8. The van der Waals surface area contributed by atoms with Crippen molar-refractivity contribution < 1.29 is 9.50 Å². The third-order valence-corrected chi connectivity index (χ3v) is 4.59. The Morgan fingerprint density at radius 1 is 1.38 bits per heavy atom. The molecule has 0 aliphatic carbocycles. The number of hydrogen-bond acceptors (Lipinski definition) is 3. The molecule has 1 aliphatic rings. The second-order valence-electron chi connectivity index (χ2n) is 6.43. The molecule has 0 saturated carbocycles. The lowest BCUT2D eigenvalue weighted by Gasteiger charge is -2.44. The van der Waals surface area contributed by atoms with Crippen molar-refractivity contribution in [3.05, 3.63) is 34.1 Å². The first-order valence-electron chi connectivity index (χ1n) is 7.38. The summed E-state index contributed by atoms with van der Waals surface area (Å²) in [5.74, 6) is -0.257. The Labute approximate surface area is 131 Å². The van der Waals surface area contributed by atoms with E-state index in [2.05, 4.69) is 10.2 Å². The van der Waals surface area contributed by atoms with Gasteiger partial charge in [-0.1, -0.05) is 31.5 Å². The largest absolute Gasteiger partial charge is 0.396 e. The SMILES string of the molecule is Cc1ccc(Cl)c([C@@H](N2CCNCC2)C(C)(C)CO)c1F. The quantitative estimate of drug-likeness (QED) is 0.897. The van der Waals surface area contributed by atoms with E-state index in [1.165, 1.54) is 0 Å². The van der Waals surface area contributed by atoms with Gasteiger partial charge in [-0.25, -0.2) is 4.39 Å². The number of hydrogen-bond donors (Lipinski definition) is 2. The van der Waals surface area contributed by atoms with E-state index in [-0.39, 0.29) is 18.5 Å². The average molecular weight is 315 g/mol. The van der Waals surface area contributed by atoms with Crippen molar-refractivity contribution in [3.8, 4) is 0 Å². The topological polar surface area (TPSA) is 35.5 Å². The van der Waals surface area contributed by atoms with Crippen LogP contribution < -0.4 is 5.32 Å². The monoisotopic (exact) mass is 314 g/mol. The van der Waals surface area contributed by atoms with Crippen LogP contribution in [0, 0.1) is 18.2 Å².